The molecule has 1 aliphatic heterocycles. The fourth-order valence-electron chi connectivity index (χ4n) is 3.02. The number of benzene rings is 2. The van der Waals surface area contributed by atoms with E-state index in [9.17, 15) is 19.5 Å². The molecular formula is C21H22N2O6. The Morgan fingerprint density at radius 2 is 2.00 bits per heavy atom. The third kappa shape index (κ3) is 5.11. The molecule has 152 valence electrons. The van der Waals surface area contributed by atoms with Gasteiger partial charge in [0.1, 0.15) is 11.8 Å². The first-order valence-corrected chi connectivity index (χ1v) is 9.16. The van der Waals surface area contributed by atoms with Gasteiger partial charge < -0.3 is 25.2 Å². The van der Waals surface area contributed by atoms with Crippen LogP contribution in [0, 0.1) is 0 Å². The van der Waals surface area contributed by atoms with E-state index in [1.165, 1.54) is 13.2 Å². The number of ether oxygens (including phenoxy) is 2. The molecule has 29 heavy (non-hydrogen) atoms. The van der Waals surface area contributed by atoms with Gasteiger partial charge in [0, 0.05) is 37.8 Å². The summed E-state index contributed by atoms with van der Waals surface area (Å²) in [4.78, 5) is 36.2. The maximum absolute atomic E-state index is 12.5. The van der Waals surface area contributed by atoms with Crippen molar-refractivity contribution < 1.29 is 29.0 Å². The molecule has 2 aromatic carbocycles. The van der Waals surface area contributed by atoms with Crippen LogP contribution in [0.15, 0.2) is 48.5 Å². The van der Waals surface area contributed by atoms with E-state index in [-0.39, 0.29) is 24.5 Å². The molecule has 0 aliphatic carbocycles. The number of carbonyl (C=O) groups excluding carboxylic acids is 2. The van der Waals surface area contributed by atoms with Crippen LogP contribution in [-0.2, 0) is 20.7 Å². The Balaban J connectivity index is 1.62. The molecule has 0 spiro atoms. The molecule has 2 atom stereocenters. The summed E-state index contributed by atoms with van der Waals surface area (Å²) in [6, 6.07) is 12.7. The lowest BCUT2D eigenvalue weighted by molar-refractivity contribution is -0.139. The van der Waals surface area contributed by atoms with Gasteiger partial charge in [-0.1, -0.05) is 24.3 Å². The molecule has 0 saturated carbocycles. The highest BCUT2D eigenvalue weighted by atomic mass is 16.5. The first-order valence-electron chi connectivity index (χ1n) is 9.16. The molecule has 0 saturated heterocycles. The van der Waals surface area contributed by atoms with E-state index >= 15 is 0 Å². The fraction of sp³-hybridized carbons (Fsp3) is 0.286. The van der Waals surface area contributed by atoms with Crippen LogP contribution in [0.2, 0.25) is 0 Å². The van der Waals surface area contributed by atoms with Crippen LogP contribution >= 0.6 is 0 Å². The molecule has 1 aliphatic rings. The molecular weight excluding hydrogens is 376 g/mol. The minimum Gasteiger partial charge on any atom is -0.480 e. The van der Waals surface area contributed by atoms with Gasteiger partial charge in [-0.2, -0.15) is 0 Å². The Hall–Kier alpha value is -3.39. The number of carbonyl (C=O) groups is 3. The van der Waals surface area contributed by atoms with Crippen molar-refractivity contribution in [1.29, 1.82) is 0 Å². The average Bonchev–Trinajstić information content (AvgIpc) is 3.15. The number of hydrogen-bond donors (Lipinski definition) is 3. The molecule has 0 radical (unpaired) electrons. The largest absolute Gasteiger partial charge is 0.480 e. The number of methoxy groups -OCH3 is 1. The summed E-state index contributed by atoms with van der Waals surface area (Å²) in [5.74, 6) is -1.31. The average molecular weight is 398 g/mol. The molecule has 2 unspecified atom stereocenters. The lowest BCUT2D eigenvalue weighted by Gasteiger charge is -2.15. The Morgan fingerprint density at radius 1 is 1.21 bits per heavy atom. The summed E-state index contributed by atoms with van der Waals surface area (Å²) in [7, 11) is 1.46. The highest BCUT2D eigenvalue weighted by molar-refractivity contribution is 5.99. The van der Waals surface area contributed by atoms with Crippen molar-refractivity contribution >= 4 is 23.5 Å². The molecule has 8 nitrogen and oxygen atoms in total. The van der Waals surface area contributed by atoms with E-state index in [0.29, 0.717) is 17.9 Å². The van der Waals surface area contributed by atoms with Gasteiger partial charge in [0.25, 0.3) is 11.8 Å². The van der Waals surface area contributed by atoms with Crippen molar-refractivity contribution in [2.24, 2.45) is 0 Å². The second kappa shape index (κ2) is 9.20. The van der Waals surface area contributed by atoms with E-state index < -0.39 is 24.0 Å². The molecule has 2 aromatic rings. The SMILES string of the molecule is COCCC(NC(=O)c1cccc(NC(=O)C2Cc3ccccc3O2)c1)C(=O)O. The predicted molar refractivity (Wildman–Crippen MR) is 105 cm³/mol. The molecule has 1 heterocycles. The number of anilines is 1. The maximum atomic E-state index is 12.5. The number of para-hydroxylation sites is 1. The molecule has 0 fully saturated rings. The summed E-state index contributed by atoms with van der Waals surface area (Å²) >= 11 is 0. The zero-order valence-corrected chi connectivity index (χ0v) is 15.9. The summed E-state index contributed by atoms with van der Waals surface area (Å²) in [6.45, 7) is 0.205. The highest BCUT2D eigenvalue weighted by Gasteiger charge is 2.29. The number of fused-ring (bicyclic) bond motifs is 1. The van der Waals surface area contributed by atoms with E-state index in [4.69, 9.17) is 9.47 Å². The number of carboxylic acid groups (broad SMARTS) is 1. The first-order chi connectivity index (χ1) is 14.0. The number of rotatable bonds is 8. The van der Waals surface area contributed by atoms with E-state index in [1.807, 2.05) is 24.3 Å². The van der Waals surface area contributed by atoms with Crippen molar-refractivity contribution in [2.75, 3.05) is 19.0 Å². The summed E-state index contributed by atoms with van der Waals surface area (Å²) in [5.41, 5.74) is 1.63. The Labute approximate surface area is 167 Å². The molecule has 3 rings (SSSR count). The van der Waals surface area contributed by atoms with E-state index in [2.05, 4.69) is 10.6 Å². The minimum absolute atomic E-state index is 0.146. The summed E-state index contributed by atoms with van der Waals surface area (Å²) in [6.07, 6.45) is -0.0226. The molecule has 0 bridgehead atoms. The number of nitrogens with one attached hydrogen (secondary N) is 2. The van der Waals surface area contributed by atoms with Crippen LogP contribution in [-0.4, -0.2) is 48.8 Å². The van der Waals surface area contributed by atoms with Crippen LogP contribution in [0.5, 0.6) is 5.75 Å². The first kappa shape index (κ1) is 20.3. The number of aliphatic carboxylic acids is 1. The van der Waals surface area contributed by atoms with Crippen molar-refractivity contribution in [3.05, 3.63) is 59.7 Å². The van der Waals surface area contributed by atoms with Gasteiger partial charge >= 0.3 is 5.97 Å². The topological polar surface area (TPSA) is 114 Å². The number of hydrogen-bond acceptors (Lipinski definition) is 5. The molecule has 3 N–H and O–H groups in total. The van der Waals surface area contributed by atoms with Gasteiger partial charge in [0.2, 0.25) is 0 Å². The van der Waals surface area contributed by atoms with Crippen LogP contribution in [0.25, 0.3) is 0 Å². The molecule has 0 aromatic heterocycles. The number of amides is 2. The lowest BCUT2D eigenvalue weighted by Crippen LogP contribution is -2.41. The smallest absolute Gasteiger partial charge is 0.326 e. The second-order valence-electron chi connectivity index (χ2n) is 6.63. The number of carboxylic acids is 1. The summed E-state index contributed by atoms with van der Waals surface area (Å²) < 4.78 is 10.5. The molecule has 2 amide bonds. The fourth-order valence-corrected chi connectivity index (χ4v) is 3.02. The quantitative estimate of drug-likeness (QED) is 0.625. The van der Waals surface area contributed by atoms with E-state index in [0.717, 1.165) is 5.56 Å². The van der Waals surface area contributed by atoms with Gasteiger partial charge in [-0.25, -0.2) is 4.79 Å². The zero-order valence-electron chi connectivity index (χ0n) is 15.9. The van der Waals surface area contributed by atoms with Crippen molar-refractivity contribution in [2.45, 2.75) is 25.0 Å². The van der Waals surface area contributed by atoms with Crippen LogP contribution < -0.4 is 15.4 Å². The highest BCUT2D eigenvalue weighted by Crippen LogP contribution is 2.28. The monoisotopic (exact) mass is 398 g/mol. The Kier molecular flexibility index (Phi) is 6.46. The van der Waals surface area contributed by atoms with Crippen LogP contribution in [0.1, 0.15) is 22.3 Å². The van der Waals surface area contributed by atoms with Gasteiger partial charge in [-0.3, -0.25) is 9.59 Å². The predicted octanol–water partition coefficient (Wildman–Crippen LogP) is 1.85. The molecule has 8 heteroatoms. The third-order valence-corrected chi connectivity index (χ3v) is 4.55. The van der Waals surface area contributed by atoms with Crippen molar-refractivity contribution in [3.63, 3.8) is 0 Å². The maximum Gasteiger partial charge on any atom is 0.326 e. The Morgan fingerprint density at radius 3 is 2.72 bits per heavy atom. The van der Waals surface area contributed by atoms with Crippen LogP contribution in [0.4, 0.5) is 5.69 Å². The third-order valence-electron chi connectivity index (χ3n) is 4.55. The van der Waals surface area contributed by atoms with E-state index in [1.54, 1.807) is 18.2 Å². The minimum atomic E-state index is -1.14. The van der Waals surface area contributed by atoms with Gasteiger partial charge in [0.15, 0.2) is 6.10 Å². The standard InChI is InChI=1S/C21H22N2O6/c1-28-10-9-16(21(26)27)23-19(24)14-6-4-7-15(11-14)22-20(25)18-12-13-5-2-3-8-17(13)29-18/h2-8,11,16,18H,9-10,12H2,1H3,(H,22,25)(H,23,24)(H,26,27). The lowest BCUT2D eigenvalue weighted by atomic mass is 10.1. The van der Waals surface area contributed by atoms with Crippen LogP contribution in [0.3, 0.4) is 0 Å². The summed E-state index contributed by atoms with van der Waals surface area (Å²) in [5, 5.41) is 14.4. The van der Waals surface area contributed by atoms with Gasteiger partial charge in [-0.05, 0) is 29.8 Å². The van der Waals surface area contributed by atoms with Gasteiger partial charge in [0.05, 0.1) is 0 Å². The normalized spacial score (nSPS) is 15.7. The van der Waals surface area contributed by atoms with Crippen molar-refractivity contribution in [1.82, 2.24) is 5.32 Å². The second-order valence-corrected chi connectivity index (χ2v) is 6.63. The zero-order chi connectivity index (χ0) is 20.8. The van der Waals surface area contributed by atoms with Gasteiger partial charge in [-0.15, -0.1) is 0 Å². The Bertz CT molecular complexity index is 889. The van der Waals surface area contributed by atoms with Crippen molar-refractivity contribution in [3.8, 4) is 5.75 Å².